The lowest BCUT2D eigenvalue weighted by Crippen LogP contribution is -2.15. The van der Waals surface area contributed by atoms with Crippen LogP contribution in [0.3, 0.4) is 0 Å². The molecule has 2 aromatic heterocycles. The summed E-state index contributed by atoms with van der Waals surface area (Å²) < 4.78 is 1.67. The lowest BCUT2D eigenvalue weighted by molar-refractivity contribution is -0.138. The third kappa shape index (κ3) is 2.83. The van der Waals surface area contributed by atoms with Crippen molar-refractivity contribution in [2.75, 3.05) is 0 Å². The van der Waals surface area contributed by atoms with Gasteiger partial charge in [-0.05, 0) is 54.2 Å². The quantitative estimate of drug-likeness (QED) is 0.918. The van der Waals surface area contributed by atoms with E-state index in [0.717, 1.165) is 17.7 Å². The maximum absolute atomic E-state index is 11.0. The zero-order valence-electron chi connectivity index (χ0n) is 11.9. The van der Waals surface area contributed by atoms with E-state index in [4.69, 9.17) is 5.11 Å². The Bertz CT molecular complexity index is 626. The van der Waals surface area contributed by atoms with Gasteiger partial charge in [0.05, 0.1) is 17.3 Å². The van der Waals surface area contributed by atoms with Crippen molar-refractivity contribution < 1.29 is 9.90 Å². The van der Waals surface area contributed by atoms with Crippen LogP contribution in [0.4, 0.5) is 0 Å². The molecule has 1 N–H and O–H groups in total. The van der Waals surface area contributed by atoms with E-state index in [1.54, 1.807) is 16.0 Å². The topological polar surface area (TPSA) is 80.9 Å². The molecule has 3 rings (SSSR count). The average Bonchev–Trinajstić information content (AvgIpc) is 3.10. The zero-order chi connectivity index (χ0) is 14.8. The molecule has 0 spiro atoms. The van der Waals surface area contributed by atoms with Crippen LogP contribution in [0.5, 0.6) is 0 Å². The van der Waals surface area contributed by atoms with Crippen LogP contribution in [0, 0.1) is 0 Å². The van der Waals surface area contributed by atoms with Crippen LogP contribution in [0.1, 0.15) is 49.1 Å². The maximum atomic E-state index is 11.0. The minimum Gasteiger partial charge on any atom is -0.481 e. The normalized spacial score (nSPS) is 15.7. The van der Waals surface area contributed by atoms with E-state index in [0.29, 0.717) is 12.2 Å². The van der Waals surface area contributed by atoms with Gasteiger partial charge in [-0.1, -0.05) is 6.92 Å². The SMILES string of the molecule is CCC(CC(=O)O)n1nnnc1-c1cc2c(s1)CCCC2. The Morgan fingerprint density at radius 3 is 3.00 bits per heavy atom. The van der Waals surface area contributed by atoms with Crippen molar-refractivity contribution >= 4 is 17.3 Å². The summed E-state index contributed by atoms with van der Waals surface area (Å²) in [5.41, 5.74) is 1.40. The van der Waals surface area contributed by atoms with Gasteiger partial charge in [0.2, 0.25) is 0 Å². The van der Waals surface area contributed by atoms with Crippen LogP contribution in [0.2, 0.25) is 0 Å². The monoisotopic (exact) mass is 306 g/mol. The predicted octanol–water partition coefficient (Wildman–Crippen LogP) is 2.71. The molecule has 7 heteroatoms. The Morgan fingerprint density at radius 2 is 2.29 bits per heavy atom. The van der Waals surface area contributed by atoms with Crippen LogP contribution >= 0.6 is 11.3 Å². The molecule has 1 atom stereocenters. The van der Waals surface area contributed by atoms with Crippen molar-refractivity contribution in [1.82, 2.24) is 20.2 Å². The molecule has 0 radical (unpaired) electrons. The number of thiophene rings is 1. The summed E-state index contributed by atoms with van der Waals surface area (Å²) in [6.07, 6.45) is 5.47. The van der Waals surface area contributed by atoms with Gasteiger partial charge in [-0.2, -0.15) is 0 Å². The van der Waals surface area contributed by atoms with E-state index in [1.807, 2.05) is 6.92 Å². The summed E-state index contributed by atoms with van der Waals surface area (Å²) in [5, 5.41) is 20.9. The number of carboxylic acids is 1. The second-order valence-corrected chi connectivity index (χ2v) is 6.51. The van der Waals surface area contributed by atoms with E-state index in [1.165, 1.54) is 23.3 Å². The highest BCUT2D eigenvalue weighted by molar-refractivity contribution is 7.15. The third-order valence-corrected chi connectivity index (χ3v) is 5.17. The first-order valence-corrected chi connectivity index (χ1v) is 8.12. The number of carboxylic acid groups (broad SMARTS) is 1. The van der Waals surface area contributed by atoms with E-state index in [2.05, 4.69) is 21.6 Å². The Labute approximate surface area is 126 Å². The van der Waals surface area contributed by atoms with E-state index < -0.39 is 5.97 Å². The second kappa shape index (κ2) is 5.93. The summed E-state index contributed by atoms with van der Waals surface area (Å²) in [6, 6.07) is 1.97. The number of tetrazole rings is 1. The molecule has 1 aliphatic rings. The van der Waals surface area contributed by atoms with Gasteiger partial charge in [-0.15, -0.1) is 16.4 Å². The van der Waals surface area contributed by atoms with Crippen LogP contribution in [-0.4, -0.2) is 31.3 Å². The number of nitrogens with zero attached hydrogens (tertiary/aromatic N) is 4. The fourth-order valence-corrected chi connectivity index (χ4v) is 4.04. The van der Waals surface area contributed by atoms with Gasteiger partial charge in [0, 0.05) is 4.88 Å². The molecule has 0 saturated heterocycles. The molecule has 1 aliphatic carbocycles. The fraction of sp³-hybridized carbons (Fsp3) is 0.571. The molecule has 21 heavy (non-hydrogen) atoms. The predicted molar refractivity (Wildman–Crippen MR) is 79.4 cm³/mol. The molecule has 0 bridgehead atoms. The second-order valence-electron chi connectivity index (χ2n) is 5.37. The molecule has 0 aliphatic heterocycles. The van der Waals surface area contributed by atoms with E-state index in [-0.39, 0.29) is 12.5 Å². The summed E-state index contributed by atoms with van der Waals surface area (Å²) in [6.45, 7) is 1.96. The van der Waals surface area contributed by atoms with Crippen LogP contribution < -0.4 is 0 Å². The van der Waals surface area contributed by atoms with Crippen molar-refractivity contribution in [3.63, 3.8) is 0 Å². The summed E-state index contributed by atoms with van der Waals surface area (Å²) in [7, 11) is 0. The van der Waals surface area contributed by atoms with Gasteiger partial charge in [-0.3, -0.25) is 4.79 Å². The molecular formula is C14H18N4O2S. The highest BCUT2D eigenvalue weighted by Gasteiger charge is 2.22. The average molecular weight is 306 g/mol. The smallest absolute Gasteiger partial charge is 0.305 e. The standard InChI is InChI=1S/C14H18N4O2S/c1-2-10(8-13(19)20)18-14(15-16-17-18)12-7-9-5-3-4-6-11(9)21-12/h7,10H,2-6,8H2,1H3,(H,19,20). The number of fused-ring (bicyclic) bond motifs is 1. The third-order valence-electron chi connectivity index (χ3n) is 3.94. The van der Waals surface area contributed by atoms with Gasteiger partial charge in [0.1, 0.15) is 0 Å². The Balaban J connectivity index is 1.94. The zero-order valence-corrected chi connectivity index (χ0v) is 12.8. The largest absolute Gasteiger partial charge is 0.481 e. The first-order valence-electron chi connectivity index (χ1n) is 7.30. The Hall–Kier alpha value is -1.76. The molecule has 0 fully saturated rings. The number of aryl methyl sites for hydroxylation is 2. The molecular weight excluding hydrogens is 288 g/mol. The summed E-state index contributed by atoms with van der Waals surface area (Å²) >= 11 is 1.74. The highest BCUT2D eigenvalue weighted by Crippen LogP contribution is 2.35. The fourth-order valence-electron chi connectivity index (χ4n) is 2.81. The molecule has 0 saturated carbocycles. The Kier molecular flexibility index (Phi) is 4.01. The van der Waals surface area contributed by atoms with Gasteiger partial charge >= 0.3 is 5.97 Å². The molecule has 2 heterocycles. The van der Waals surface area contributed by atoms with E-state index in [9.17, 15) is 4.79 Å². The Morgan fingerprint density at radius 1 is 1.48 bits per heavy atom. The van der Waals surface area contributed by atoms with Gasteiger partial charge in [0.25, 0.3) is 0 Å². The van der Waals surface area contributed by atoms with Crippen molar-refractivity contribution in [1.29, 1.82) is 0 Å². The van der Waals surface area contributed by atoms with Gasteiger partial charge in [0.15, 0.2) is 5.82 Å². The van der Waals surface area contributed by atoms with Gasteiger partial charge in [-0.25, -0.2) is 4.68 Å². The number of hydrogen-bond acceptors (Lipinski definition) is 5. The molecule has 0 amide bonds. The summed E-state index contributed by atoms with van der Waals surface area (Å²) in [5.74, 6) is -0.128. The minimum absolute atomic E-state index is 0.0413. The van der Waals surface area contributed by atoms with Crippen molar-refractivity contribution in [3.05, 3.63) is 16.5 Å². The molecule has 6 nitrogen and oxygen atoms in total. The minimum atomic E-state index is -0.825. The molecule has 1 unspecified atom stereocenters. The molecule has 112 valence electrons. The van der Waals surface area contributed by atoms with Crippen LogP contribution in [-0.2, 0) is 17.6 Å². The van der Waals surface area contributed by atoms with Crippen LogP contribution in [0.15, 0.2) is 6.07 Å². The highest BCUT2D eigenvalue weighted by atomic mass is 32.1. The van der Waals surface area contributed by atoms with E-state index >= 15 is 0 Å². The summed E-state index contributed by atoms with van der Waals surface area (Å²) in [4.78, 5) is 13.5. The number of carbonyl (C=O) groups is 1. The first-order chi connectivity index (χ1) is 10.2. The lowest BCUT2D eigenvalue weighted by atomic mass is 9.99. The molecule has 0 aromatic carbocycles. The van der Waals surface area contributed by atoms with Crippen molar-refractivity contribution in [2.45, 2.75) is 51.5 Å². The first kappa shape index (κ1) is 14.2. The number of aromatic nitrogens is 4. The van der Waals surface area contributed by atoms with Crippen molar-refractivity contribution in [3.8, 4) is 10.7 Å². The maximum Gasteiger partial charge on any atom is 0.305 e. The van der Waals surface area contributed by atoms with Crippen molar-refractivity contribution in [2.24, 2.45) is 0 Å². The lowest BCUT2D eigenvalue weighted by Gasteiger charge is -2.13. The number of rotatable bonds is 5. The molecule has 2 aromatic rings. The number of hydrogen-bond donors (Lipinski definition) is 1. The van der Waals surface area contributed by atoms with Gasteiger partial charge < -0.3 is 5.11 Å². The van der Waals surface area contributed by atoms with Crippen LogP contribution in [0.25, 0.3) is 10.7 Å². The number of aliphatic carboxylic acids is 1.